The highest BCUT2D eigenvalue weighted by atomic mass is 16.5. The van der Waals surface area contributed by atoms with Gasteiger partial charge in [0, 0.05) is 6.61 Å². The Hall–Kier alpha value is -0.940. The maximum Gasteiger partial charge on any atom is 0.246 e. The third-order valence-corrected chi connectivity index (χ3v) is 4.84. The Labute approximate surface area is 120 Å². The van der Waals surface area contributed by atoms with E-state index in [1.54, 1.807) is 0 Å². The van der Waals surface area contributed by atoms with Gasteiger partial charge in [0.25, 0.3) is 0 Å². The van der Waals surface area contributed by atoms with Gasteiger partial charge in [0.15, 0.2) is 0 Å². The smallest absolute Gasteiger partial charge is 0.246 e. The van der Waals surface area contributed by atoms with Crippen molar-refractivity contribution >= 4 is 0 Å². The van der Waals surface area contributed by atoms with Gasteiger partial charge in [0.2, 0.25) is 11.7 Å². The van der Waals surface area contributed by atoms with Gasteiger partial charge in [-0.25, -0.2) is 0 Å². The van der Waals surface area contributed by atoms with Gasteiger partial charge in [-0.1, -0.05) is 37.3 Å². The molecule has 2 fully saturated rings. The Balaban J connectivity index is 1.87. The third kappa shape index (κ3) is 2.37. The standard InChI is InChI=1S/C15H25N3O2/c1-2-19-15(10-4-3-5-11-15)12-17-13(20-18-12)14(16)8-6-7-9-14/h2-11,16H2,1H3. The summed E-state index contributed by atoms with van der Waals surface area (Å²) in [4.78, 5) is 4.65. The molecule has 0 saturated heterocycles. The fourth-order valence-corrected chi connectivity index (χ4v) is 3.66. The molecule has 0 aliphatic heterocycles. The number of hydrogen-bond donors (Lipinski definition) is 1. The minimum absolute atomic E-state index is 0.344. The van der Waals surface area contributed by atoms with Crippen LogP contribution in [0.2, 0.25) is 0 Å². The Bertz CT molecular complexity index is 440. The van der Waals surface area contributed by atoms with Crippen molar-refractivity contribution in [2.75, 3.05) is 6.61 Å². The molecule has 0 bridgehead atoms. The maximum absolute atomic E-state index is 6.40. The molecule has 0 atom stereocenters. The van der Waals surface area contributed by atoms with Gasteiger partial charge in [-0.15, -0.1) is 0 Å². The van der Waals surface area contributed by atoms with Crippen LogP contribution in [0.15, 0.2) is 4.52 Å². The van der Waals surface area contributed by atoms with Gasteiger partial charge in [0.1, 0.15) is 5.60 Å². The van der Waals surface area contributed by atoms with Gasteiger partial charge < -0.3 is 15.0 Å². The SMILES string of the molecule is CCOC1(c2noc(C3(N)CCCC3)n2)CCCCC1. The van der Waals surface area contributed by atoms with Crippen LogP contribution in [0, 0.1) is 0 Å². The van der Waals surface area contributed by atoms with E-state index in [0.717, 1.165) is 51.4 Å². The van der Waals surface area contributed by atoms with E-state index in [0.29, 0.717) is 18.3 Å². The molecule has 5 nitrogen and oxygen atoms in total. The van der Waals surface area contributed by atoms with Crippen LogP contribution in [-0.2, 0) is 15.9 Å². The first kappa shape index (κ1) is 14.0. The van der Waals surface area contributed by atoms with E-state index in [4.69, 9.17) is 15.0 Å². The predicted octanol–water partition coefficient (Wildman–Crippen LogP) is 2.99. The Kier molecular flexibility index (Phi) is 3.82. The number of hydrogen-bond acceptors (Lipinski definition) is 5. The number of aromatic nitrogens is 2. The summed E-state index contributed by atoms with van der Waals surface area (Å²) in [6.07, 6.45) is 9.73. The molecule has 0 spiro atoms. The summed E-state index contributed by atoms with van der Waals surface area (Å²) in [6.45, 7) is 2.70. The van der Waals surface area contributed by atoms with Gasteiger partial charge in [-0.05, 0) is 32.6 Å². The second kappa shape index (κ2) is 5.45. The zero-order valence-electron chi connectivity index (χ0n) is 12.4. The van der Waals surface area contributed by atoms with Crippen molar-refractivity contribution in [3.63, 3.8) is 0 Å². The van der Waals surface area contributed by atoms with Crippen LogP contribution < -0.4 is 5.73 Å². The van der Waals surface area contributed by atoms with Gasteiger partial charge in [-0.3, -0.25) is 0 Å². The summed E-state index contributed by atoms with van der Waals surface area (Å²) in [5, 5.41) is 4.23. The van der Waals surface area contributed by atoms with Crippen LogP contribution in [-0.4, -0.2) is 16.7 Å². The number of nitrogens with two attached hydrogens (primary N) is 1. The van der Waals surface area contributed by atoms with Crippen molar-refractivity contribution in [3.8, 4) is 0 Å². The molecule has 2 saturated carbocycles. The van der Waals surface area contributed by atoms with Crippen molar-refractivity contribution in [1.29, 1.82) is 0 Å². The normalized spacial score (nSPS) is 24.9. The Morgan fingerprint density at radius 1 is 1.10 bits per heavy atom. The lowest BCUT2D eigenvalue weighted by molar-refractivity contribution is -0.0777. The molecule has 2 N–H and O–H groups in total. The van der Waals surface area contributed by atoms with E-state index < -0.39 is 5.54 Å². The molecular formula is C15H25N3O2. The lowest BCUT2D eigenvalue weighted by atomic mass is 9.84. The zero-order chi connectivity index (χ0) is 14.1. The van der Waals surface area contributed by atoms with Gasteiger partial charge >= 0.3 is 0 Å². The lowest BCUT2D eigenvalue weighted by Gasteiger charge is -2.34. The summed E-state index contributed by atoms with van der Waals surface area (Å²) >= 11 is 0. The third-order valence-electron chi connectivity index (χ3n) is 4.84. The van der Waals surface area contributed by atoms with Gasteiger partial charge in [0.05, 0.1) is 5.54 Å². The van der Waals surface area contributed by atoms with E-state index in [1.807, 2.05) is 6.92 Å². The lowest BCUT2D eigenvalue weighted by Crippen LogP contribution is -2.35. The molecule has 5 heteroatoms. The zero-order valence-corrected chi connectivity index (χ0v) is 12.4. The van der Waals surface area contributed by atoms with Crippen molar-refractivity contribution in [2.24, 2.45) is 5.73 Å². The first-order valence-corrected chi connectivity index (χ1v) is 7.96. The topological polar surface area (TPSA) is 74.2 Å². The molecule has 3 rings (SSSR count). The van der Waals surface area contributed by atoms with Crippen LogP contribution in [0.3, 0.4) is 0 Å². The van der Waals surface area contributed by atoms with Crippen LogP contribution in [0.4, 0.5) is 0 Å². The van der Waals surface area contributed by atoms with Gasteiger partial charge in [-0.2, -0.15) is 4.98 Å². The molecule has 0 aromatic carbocycles. The molecular weight excluding hydrogens is 254 g/mol. The first-order chi connectivity index (χ1) is 9.69. The van der Waals surface area contributed by atoms with E-state index in [-0.39, 0.29) is 5.60 Å². The number of rotatable bonds is 4. The summed E-state index contributed by atoms with van der Waals surface area (Å²) < 4.78 is 11.5. The molecule has 1 aromatic rings. The van der Waals surface area contributed by atoms with Crippen LogP contribution in [0.1, 0.15) is 76.4 Å². The highest BCUT2D eigenvalue weighted by Crippen LogP contribution is 2.41. The molecule has 1 heterocycles. The first-order valence-electron chi connectivity index (χ1n) is 7.96. The molecule has 0 amide bonds. The van der Waals surface area contributed by atoms with E-state index in [2.05, 4.69) is 10.1 Å². The Morgan fingerprint density at radius 3 is 2.40 bits per heavy atom. The van der Waals surface area contributed by atoms with Crippen LogP contribution >= 0.6 is 0 Å². The van der Waals surface area contributed by atoms with Crippen molar-refractivity contribution < 1.29 is 9.26 Å². The van der Waals surface area contributed by atoms with Crippen molar-refractivity contribution in [1.82, 2.24) is 10.1 Å². The average molecular weight is 279 g/mol. The molecule has 2 aliphatic rings. The minimum atomic E-state index is -0.409. The molecule has 20 heavy (non-hydrogen) atoms. The second-order valence-corrected chi connectivity index (χ2v) is 6.27. The van der Waals surface area contributed by atoms with E-state index in [1.165, 1.54) is 6.42 Å². The van der Waals surface area contributed by atoms with E-state index >= 15 is 0 Å². The predicted molar refractivity (Wildman–Crippen MR) is 75.0 cm³/mol. The summed E-state index contributed by atoms with van der Waals surface area (Å²) in [5.74, 6) is 1.32. The van der Waals surface area contributed by atoms with Crippen LogP contribution in [0.5, 0.6) is 0 Å². The Morgan fingerprint density at radius 2 is 1.75 bits per heavy atom. The molecule has 0 radical (unpaired) electrons. The quantitative estimate of drug-likeness (QED) is 0.917. The molecule has 0 unspecified atom stereocenters. The highest BCUT2D eigenvalue weighted by Gasteiger charge is 2.42. The fraction of sp³-hybridized carbons (Fsp3) is 0.867. The maximum atomic E-state index is 6.40. The van der Waals surface area contributed by atoms with Crippen LogP contribution in [0.25, 0.3) is 0 Å². The summed E-state index contributed by atoms with van der Waals surface area (Å²) in [7, 11) is 0. The monoisotopic (exact) mass is 279 g/mol. The number of nitrogens with zero attached hydrogens (tertiary/aromatic N) is 2. The minimum Gasteiger partial charge on any atom is -0.367 e. The van der Waals surface area contributed by atoms with E-state index in [9.17, 15) is 0 Å². The fourth-order valence-electron chi connectivity index (χ4n) is 3.66. The van der Waals surface area contributed by atoms with Crippen molar-refractivity contribution in [3.05, 3.63) is 11.7 Å². The molecule has 2 aliphatic carbocycles. The largest absolute Gasteiger partial charge is 0.367 e. The average Bonchev–Trinajstić information content (AvgIpc) is 3.10. The molecule has 112 valence electrons. The summed E-state index contributed by atoms with van der Waals surface area (Å²) in [5.41, 5.74) is 5.65. The molecule has 1 aromatic heterocycles. The highest BCUT2D eigenvalue weighted by molar-refractivity contribution is 5.09. The summed E-state index contributed by atoms with van der Waals surface area (Å²) in [6, 6.07) is 0. The number of ether oxygens (including phenoxy) is 1. The van der Waals surface area contributed by atoms with Crippen molar-refractivity contribution in [2.45, 2.75) is 75.9 Å². The second-order valence-electron chi connectivity index (χ2n) is 6.27.